The summed E-state index contributed by atoms with van der Waals surface area (Å²) in [6.45, 7) is 5.60. The molecule has 0 aliphatic heterocycles. The van der Waals surface area contributed by atoms with Crippen LogP contribution in [0.1, 0.15) is 43.1 Å². The molecule has 15 heavy (non-hydrogen) atoms. The second-order valence-electron chi connectivity index (χ2n) is 4.50. The maximum absolute atomic E-state index is 11.8. The molecule has 0 fully saturated rings. The predicted molar refractivity (Wildman–Crippen MR) is 63.0 cm³/mol. The maximum Gasteiger partial charge on any atom is 0.182 e. The Bertz CT molecular complexity index is 333. The average molecular weight is 205 g/mol. The summed E-state index contributed by atoms with van der Waals surface area (Å²) in [5.74, 6) is -0.00875. The molecule has 0 aliphatic rings. The number of aryl methyl sites for hydroxylation is 1. The van der Waals surface area contributed by atoms with Crippen LogP contribution in [0, 0.1) is 0 Å². The van der Waals surface area contributed by atoms with Crippen molar-refractivity contribution in [2.45, 2.75) is 39.2 Å². The van der Waals surface area contributed by atoms with Gasteiger partial charge in [-0.25, -0.2) is 0 Å². The van der Waals surface area contributed by atoms with Crippen molar-refractivity contribution < 1.29 is 4.79 Å². The zero-order valence-electron chi connectivity index (χ0n) is 9.71. The number of Topliss-reactive ketones (excluding diaryl/α,β-unsaturated/α-hetero) is 1. The molecule has 0 heterocycles. The summed E-state index contributed by atoms with van der Waals surface area (Å²) < 4.78 is 0. The molecule has 2 nitrogen and oxygen atoms in total. The van der Waals surface area contributed by atoms with Crippen molar-refractivity contribution in [2.75, 3.05) is 0 Å². The minimum Gasteiger partial charge on any atom is -0.319 e. The molecule has 0 amide bonds. The third-order valence-electron chi connectivity index (χ3n) is 2.34. The Balaban J connectivity index is 2.85. The highest BCUT2D eigenvalue weighted by molar-refractivity contribution is 6.02. The number of rotatable bonds is 4. The van der Waals surface area contributed by atoms with Crippen molar-refractivity contribution in [3.63, 3.8) is 0 Å². The number of nitrogens with two attached hydrogens (primary N) is 1. The summed E-state index contributed by atoms with van der Waals surface area (Å²) in [6.07, 6.45) is 2.18. The van der Waals surface area contributed by atoms with E-state index in [4.69, 9.17) is 5.73 Å². The lowest BCUT2D eigenvalue weighted by atomic mass is 9.93. The van der Waals surface area contributed by atoms with Gasteiger partial charge >= 0.3 is 0 Å². The first-order valence-corrected chi connectivity index (χ1v) is 5.37. The van der Waals surface area contributed by atoms with E-state index < -0.39 is 5.54 Å². The van der Waals surface area contributed by atoms with Crippen LogP contribution in [0.3, 0.4) is 0 Å². The standard InChI is InChI=1S/C13H19NO/c1-4-5-10-6-8-11(9-7-10)12(15)13(2,3)14/h6-9H,4-5,14H2,1-3H3. The molecule has 0 atom stereocenters. The molecular weight excluding hydrogens is 186 g/mol. The number of carbonyl (C=O) groups is 1. The predicted octanol–water partition coefficient (Wildman–Crippen LogP) is 2.56. The third kappa shape index (κ3) is 3.17. The van der Waals surface area contributed by atoms with Gasteiger partial charge in [-0.15, -0.1) is 0 Å². The van der Waals surface area contributed by atoms with Gasteiger partial charge in [0.25, 0.3) is 0 Å². The Hall–Kier alpha value is -1.15. The molecule has 0 spiro atoms. The number of benzene rings is 1. The van der Waals surface area contributed by atoms with Crippen molar-refractivity contribution in [1.82, 2.24) is 0 Å². The van der Waals surface area contributed by atoms with Crippen molar-refractivity contribution in [1.29, 1.82) is 0 Å². The summed E-state index contributed by atoms with van der Waals surface area (Å²) in [7, 11) is 0. The highest BCUT2D eigenvalue weighted by Gasteiger charge is 2.22. The van der Waals surface area contributed by atoms with Gasteiger partial charge in [0.1, 0.15) is 0 Å². The van der Waals surface area contributed by atoms with E-state index in [0.29, 0.717) is 5.56 Å². The first-order valence-electron chi connectivity index (χ1n) is 5.37. The summed E-state index contributed by atoms with van der Waals surface area (Å²) >= 11 is 0. The van der Waals surface area contributed by atoms with Crippen LogP contribution in [0.5, 0.6) is 0 Å². The van der Waals surface area contributed by atoms with E-state index in [1.807, 2.05) is 24.3 Å². The van der Waals surface area contributed by atoms with Crippen LogP contribution < -0.4 is 5.73 Å². The summed E-state index contributed by atoms with van der Waals surface area (Å²) in [6, 6.07) is 7.73. The van der Waals surface area contributed by atoms with E-state index in [2.05, 4.69) is 6.92 Å². The largest absolute Gasteiger partial charge is 0.319 e. The normalized spacial score (nSPS) is 11.5. The zero-order valence-corrected chi connectivity index (χ0v) is 9.71. The van der Waals surface area contributed by atoms with Crippen molar-refractivity contribution in [3.8, 4) is 0 Å². The summed E-state index contributed by atoms with van der Waals surface area (Å²) in [5, 5.41) is 0. The number of carbonyl (C=O) groups excluding carboxylic acids is 1. The number of ketones is 1. The Morgan fingerprint density at radius 1 is 1.27 bits per heavy atom. The first-order chi connectivity index (χ1) is 6.95. The fraction of sp³-hybridized carbons (Fsp3) is 0.462. The van der Waals surface area contributed by atoms with Crippen molar-refractivity contribution >= 4 is 5.78 Å². The highest BCUT2D eigenvalue weighted by Crippen LogP contribution is 2.12. The first kappa shape index (κ1) is 11.9. The smallest absolute Gasteiger partial charge is 0.182 e. The zero-order chi connectivity index (χ0) is 11.5. The molecule has 2 N–H and O–H groups in total. The van der Waals surface area contributed by atoms with Gasteiger partial charge in [-0.2, -0.15) is 0 Å². The van der Waals surface area contributed by atoms with Gasteiger partial charge in [0.15, 0.2) is 5.78 Å². The highest BCUT2D eigenvalue weighted by atomic mass is 16.1. The Morgan fingerprint density at radius 3 is 2.20 bits per heavy atom. The molecule has 82 valence electrons. The molecule has 1 rings (SSSR count). The quantitative estimate of drug-likeness (QED) is 0.768. The lowest BCUT2D eigenvalue weighted by molar-refractivity contribution is 0.0913. The van der Waals surface area contributed by atoms with Crippen molar-refractivity contribution in [2.24, 2.45) is 5.73 Å². The van der Waals surface area contributed by atoms with Gasteiger partial charge in [0.2, 0.25) is 0 Å². The van der Waals surface area contributed by atoms with E-state index in [-0.39, 0.29) is 5.78 Å². The minimum absolute atomic E-state index is 0.00875. The van der Waals surface area contributed by atoms with Crippen LogP contribution in [0.25, 0.3) is 0 Å². The van der Waals surface area contributed by atoms with Crippen LogP contribution in [0.15, 0.2) is 24.3 Å². The molecule has 1 aromatic rings. The molecule has 0 saturated heterocycles. The Kier molecular flexibility index (Phi) is 3.64. The topological polar surface area (TPSA) is 43.1 Å². The van der Waals surface area contributed by atoms with Gasteiger partial charge in [0, 0.05) is 5.56 Å². The maximum atomic E-state index is 11.8. The van der Waals surface area contributed by atoms with Gasteiger partial charge in [0.05, 0.1) is 5.54 Å². The molecule has 2 heteroatoms. The lowest BCUT2D eigenvalue weighted by Gasteiger charge is -2.16. The molecule has 0 radical (unpaired) electrons. The minimum atomic E-state index is -0.785. The molecule has 0 unspecified atom stereocenters. The van der Waals surface area contributed by atoms with Crippen LogP contribution >= 0.6 is 0 Å². The molecule has 0 saturated carbocycles. The van der Waals surface area contributed by atoms with Gasteiger partial charge in [-0.05, 0) is 25.8 Å². The second kappa shape index (κ2) is 4.58. The van der Waals surface area contributed by atoms with Crippen LogP contribution in [0.2, 0.25) is 0 Å². The Morgan fingerprint density at radius 2 is 1.80 bits per heavy atom. The van der Waals surface area contributed by atoms with E-state index in [9.17, 15) is 4.79 Å². The van der Waals surface area contributed by atoms with Gasteiger partial charge in [-0.3, -0.25) is 4.79 Å². The van der Waals surface area contributed by atoms with Gasteiger partial charge < -0.3 is 5.73 Å². The van der Waals surface area contributed by atoms with E-state index in [1.165, 1.54) is 5.56 Å². The lowest BCUT2D eigenvalue weighted by Crippen LogP contribution is -2.41. The molecule has 0 aliphatic carbocycles. The monoisotopic (exact) mass is 205 g/mol. The molecule has 0 bridgehead atoms. The summed E-state index contributed by atoms with van der Waals surface area (Å²) in [4.78, 5) is 11.8. The fourth-order valence-corrected chi connectivity index (χ4v) is 1.48. The SMILES string of the molecule is CCCc1ccc(C(=O)C(C)(C)N)cc1. The average Bonchev–Trinajstić information content (AvgIpc) is 2.17. The third-order valence-corrected chi connectivity index (χ3v) is 2.34. The van der Waals surface area contributed by atoms with E-state index in [0.717, 1.165) is 12.8 Å². The number of hydrogen-bond donors (Lipinski definition) is 1. The van der Waals surface area contributed by atoms with Crippen molar-refractivity contribution in [3.05, 3.63) is 35.4 Å². The summed E-state index contributed by atoms with van der Waals surface area (Å²) in [5.41, 5.74) is 6.94. The Labute approximate surface area is 91.5 Å². The molecular formula is C13H19NO. The molecule has 1 aromatic carbocycles. The van der Waals surface area contributed by atoms with Crippen LogP contribution in [-0.2, 0) is 6.42 Å². The van der Waals surface area contributed by atoms with Gasteiger partial charge in [-0.1, -0.05) is 37.6 Å². The second-order valence-corrected chi connectivity index (χ2v) is 4.50. The fourth-order valence-electron chi connectivity index (χ4n) is 1.48. The van der Waals surface area contributed by atoms with Crippen LogP contribution in [-0.4, -0.2) is 11.3 Å². The van der Waals surface area contributed by atoms with E-state index in [1.54, 1.807) is 13.8 Å². The van der Waals surface area contributed by atoms with Crippen LogP contribution in [0.4, 0.5) is 0 Å². The number of hydrogen-bond acceptors (Lipinski definition) is 2. The molecule has 0 aromatic heterocycles. The van der Waals surface area contributed by atoms with E-state index >= 15 is 0 Å².